The first-order valence-electron chi connectivity index (χ1n) is 10.0. The smallest absolute Gasteiger partial charge is 0.195 e. The van der Waals surface area contributed by atoms with Crippen molar-refractivity contribution in [2.24, 2.45) is 0 Å². The van der Waals surface area contributed by atoms with Crippen LogP contribution in [0.4, 0.5) is 0 Å². The lowest BCUT2D eigenvalue weighted by atomic mass is 9.98. The average Bonchev–Trinajstić information content (AvgIpc) is 3.25. The van der Waals surface area contributed by atoms with E-state index in [0.29, 0.717) is 16.2 Å². The molecule has 0 spiro atoms. The first-order valence-corrected chi connectivity index (χ1v) is 10.0. The van der Waals surface area contributed by atoms with E-state index in [1.165, 1.54) is 0 Å². The van der Waals surface area contributed by atoms with Crippen molar-refractivity contribution in [1.82, 2.24) is 0 Å². The molecule has 0 N–H and O–H groups in total. The molecule has 2 heteroatoms. The fraction of sp³-hybridized carbons (Fsp3) is 0. The van der Waals surface area contributed by atoms with E-state index in [-0.39, 0.29) is 10.9 Å². The van der Waals surface area contributed by atoms with Gasteiger partial charge in [0.2, 0.25) is 0 Å². The molecule has 0 bridgehead atoms. The average molecular weight is 382 g/mol. The summed E-state index contributed by atoms with van der Waals surface area (Å²) in [6.45, 7) is 0. The molecule has 0 atom stereocenters. The molecule has 30 heavy (non-hydrogen) atoms. The molecular weight excluding hydrogens is 368 g/mol. The van der Waals surface area contributed by atoms with E-state index in [4.69, 9.17) is 0 Å². The van der Waals surface area contributed by atoms with Crippen molar-refractivity contribution in [1.29, 1.82) is 0 Å². The van der Waals surface area contributed by atoms with E-state index >= 15 is 0 Å². The summed E-state index contributed by atoms with van der Waals surface area (Å²) in [6, 6.07) is 27.9. The highest BCUT2D eigenvalue weighted by Gasteiger charge is 2.20. The molecule has 0 heterocycles. The molecular formula is C28H14O2. The molecule has 138 valence electrons. The number of fused-ring (bicyclic) bond motifs is 11. The Morgan fingerprint density at radius 1 is 0.333 bits per heavy atom. The number of rotatable bonds is 0. The van der Waals surface area contributed by atoms with E-state index in [1.54, 1.807) is 0 Å². The molecule has 0 radical (unpaired) electrons. The molecule has 0 aliphatic heterocycles. The quantitative estimate of drug-likeness (QED) is 0.293. The van der Waals surface area contributed by atoms with Gasteiger partial charge in [-0.2, -0.15) is 0 Å². The van der Waals surface area contributed by atoms with Crippen LogP contribution in [0.3, 0.4) is 0 Å². The summed E-state index contributed by atoms with van der Waals surface area (Å²) in [5, 5.41) is 10.5. The Bertz CT molecular complexity index is 1930. The molecule has 0 unspecified atom stereocenters. The molecule has 0 aliphatic rings. The van der Waals surface area contributed by atoms with Crippen LogP contribution in [0.25, 0.3) is 64.6 Å². The van der Waals surface area contributed by atoms with Gasteiger partial charge in [0.15, 0.2) is 10.9 Å². The standard InChI is InChI=1S/C28H14O2/c29-27-21-8-4-3-7-18(21)24-22(27)14-13-20-19-12-11-16-10-9-15-5-1-2-6-17(15)23(16)25(19)28(30)26(20)24/h1-14H. The summed E-state index contributed by atoms with van der Waals surface area (Å²) in [5.41, 5.74) is 0.0192. The minimum Gasteiger partial charge on any atom is -0.289 e. The van der Waals surface area contributed by atoms with Gasteiger partial charge >= 0.3 is 0 Å². The molecule has 0 saturated carbocycles. The molecule has 0 saturated heterocycles. The highest BCUT2D eigenvalue weighted by molar-refractivity contribution is 6.33. The lowest BCUT2D eigenvalue weighted by Crippen LogP contribution is -1.97. The van der Waals surface area contributed by atoms with Crippen LogP contribution in [0.1, 0.15) is 0 Å². The second kappa shape index (κ2) is 5.31. The summed E-state index contributed by atoms with van der Waals surface area (Å²) in [4.78, 5) is 26.9. The topological polar surface area (TPSA) is 34.1 Å². The van der Waals surface area contributed by atoms with Crippen molar-refractivity contribution in [2.75, 3.05) is 0 Å². The molecule has 0 amide bonds. The molecule has 2 nitrogen and oxygen atoms in total. The Kier molecular flexibility index (Phi) is 2.80. The molecule has 0 fully saturated rings. The highest BCUT2D eigenvalue weighted by Crippen LogP contribution is 2.38. The van der Waals surface area contributed by atoms with Crippen LogP contribution in [0.15, 0.2) is 94.5 Å². The third-order valence-electron chi connectivity index (χ3n) is 6.55. The van der Waals surface area contributed by atoms with Crippen molar-refractivity contribution < 1.29 is 0 Å². The maximum Gasteiger partial charge on any atom is 0.195 e. The monoisotopic (exact) mass is 382 g/mol. The second-order valence-corrected chi connectivity index (χ2v) is 7.99. The van der Waals surface area contributed by atoms with Gasteiger partial charge in [-0.15, -0.1) is 0 Å². The molecule has 7 rings (SSSR count). The van der Waals surface area contributed by atoms with Crippen LogP contribution in [0.5, 0.6) is 0 Å². The van der Waals surface area contributed by atoms with Gasteiger partial charge < -0.3 is 0 Å². The van der Waals surface area contributed by atoms with Crippen LogP contribution >= 0.6 is 0 Å². The zero-order valence-corrected chi connectivity index (χ0v) is 15.9. The highest BCUT2D eigenvalue weighted by atomic mass is 16.1. The van der Waals surface area contributed by atoms with E-state index in [9.17, 15) is 9.59 Å². The Hall–Kier alpha value is -4.04. The van der Waals surface area contributed by atoms with Gasteiger partial charge in [-0.25, -0.2) is 0 Å². The Morgan fingerprint density at radius 2 is 0.867 bits per heavy atom. The van der Waals surface area contributed by atoms with Gasteiger partial charge in [0.1, 0.15) is 0 Å². The second-order valence-electron chi connectivity index (χ2n) is 7.99. The van der Waals surface area contributed by atoms with Crippen LogP contribution in [-0.2, 0) is 0 Å². The van der Waals surface area contributed by atoms with Gasteiger partial charge in [-0.1, -0.05) is 78.9 Å². The Labute approximate surface area is 170 Å². The number of benzene rings is 5. The normalized spacial score (nSPS) is 12.3. The van der Waals surface area contributed by atoms with Gasteiger partial charge in [-0.3, -0.25) is 9.59 Å². The maximum absolute atomic E-state index is 13.9. The summed E-state index contributed by atoms with van der Waals surface area (Å²) in [7, 11) is 0. The summed E-state index contributed by atoms with van der Waals surface area (Å²) < 4.78 is 0. The minimum absolute atomic E-state index is 0.00228. The Morgan fingerprint density at radius 3 is 1.70 bits per heavy atom. The third-order valence-corrected chi connectivity index (χ3v) is 6.55. The van der Waals surface area contributed by atoms with Crippen LogP contribution in [0.2, 0.25) is 0 Å². The van der Waals surface area contributed by atoms with Gasteiger partial charge in [0.25, 0.3) is 0 Å². The van der Waals surface area contributed by atoms with Crippen LogP contribution in [0, 0.1) is 0 Å². The zero-order valence-electron chi connectivity index (χ0n) is 15.9. The van der Waals surface area contributed by atoms with Crippen molar-refractivity contribution in [3.05, 3.63) is 105 Å². The molecule has 7 aromatic rings. The summed E-state index contributed by atoms with van der Waals surface area (Å²) in [6.07, 6.45) is 0. The predicted molar refractivity (Wildman–Crippen MR) is 126 cm³/mol. The minimum atomic E-state index is 0.00228. The fourth-order valence-corrected chi connectivity index (χ4v) is 5.26. The largest absolute Gasteiger partial charge is 0.289 e. The fourth-order valence-electron chi connectivity index (χ4n) is 5.26. The number of hydrogen-bond donors (Lipinski definition) is 0. The lowest BCUT2D eigenvalue weighted by molar-refractivity contribution is 1.79. The summed E-state index contributed by atoms with van der Waals surface area (Å²) >= 11 is 0. The van der Waals surface area contributed by atoms with E-state index in [0.717, 1.165) is 48.5 Å². The first kappa shape index (κ1) is 15.8. The molecule has 0 aliphatic carbocycles. The third kappa shape index (κ3) is 1.75. The lowest BCUT2D eigenvalue weighted by Gasteiger charge is -2.05. The summed E-state index contributed by atoms with van der Waals surface area (Å²) in [5.74, 6) is 0. The van der Waals surface area contributed by atoms with Crippen molar-refractivity contribution in [3.8, 4) is 0 Å². The predicted octanol–water partition coefficient (Wildman–Crippen LogP) is 6.20. The van der Waals surface area contributed by atoms with Gasteiger partial charge in [0, 0.05) is 32.3 Å². The van der Waals surface area contributed by atoms with E-state index in [2.05, 4.69) is 30.3 Å². The van der Waals surface area contributed by atoms with Gasteiger partial charge in [-0.05, 0) is 38.4 Å². The van der Waals surface area contributed by atoms with E-state index in [1.807, 2.05) is 54.6 Å². The van der Waals surface area contributed by atoms with Crippen LogP contribution in [-0.4, -0.2) is 0 Å². The first-order chi connectivity index (χ1) is 14.7. The zero-order chi connectivity index (χ0) is 20.0. The Balaban J connectivity index is 1.86. The van der Waals surface area contributed by atoms with Crippen molar-refractivity contribution in [2.45, 2.75) is 0 Å². The van der Waals surface area contributed by atoms with Crippen molar-refractivity contribution in [3.63, 3.8) is 0 Å². The van der Waals surface area contributed by atoms with Crippen molar-refractivity contribution >= 4 is 64.6 Å². The van der Waals surface area contributed by atoms with Gasteiger partial charge in [0.05, 0.1) is 0 Å². The SMILES string of the molecule is O=c1c2ccccc2c2c1ccc1c3ccc4ccc5ccccc5c4c3c(=O)c12. The van der Waals surface area contributed by atoms with E-state index < -0.39 is 0 Å². The van der Waals surface area contributed by atoms with Crippen LogP contribution < -0.4 is 10.9 Å². The molecule has 7 aromatic carbocycles. The number of hydrogen-bond acceptors (Lipinski definition) is 2. The molecule has 0 aromatic heterocycles. The maximum atomic E-state index is 13.9.